The minimum absolute atomic E-state index is 0.0286. The molecular formula is C21H14ClF2N3O3S. The van der Waals surface area contributed by atoms with E-state index in [0.29, 0.717) is 22.2 Å². The van der Waals surface area contributed by atoms with Gasteiger partial charge in [-0.25, -0.2) is 26.6 Å². The van der Waals surface area contributed by atoms with E-state index in [9.17, 15) is 22.0 Å². The van der Waals surface area contributed by atoms with E-state index < -0.39 is 33.1 Å². The molecule has 0 radical (unpaired) electrons. The number of carbonyl (C=O) groups excluding carboxylic acids is 1. The monoisotopic (exact) mass is 461 g/mol. The van der Waals surface area contributed by atoms with Crippen LogP contribution in [0.3, 0.4) is 0 Å². The normalized spacial score (nSPS) is 11.6. The lowest BCUT2D eigenvalue weighted by atomic mass is 10.1. The first-order chi connectivity index (χ1) is 14.6. The molecule has 0 saturated heterocycles. The van der Waals surface area contributed by atoms with E-state index in [1.807, 2.05) is 0 Å². The van der Waals surface area contributed by atoms with Crippen molar-refractivity contribution in [2.75, 3.05) is 6.26 Å². The summed E-state index contributed by atoms with van der Waals surface area (Å²) < 4.78 is 54.1. The van der Waals surface area contributed by atoms with Gasteiger partial charge in [-0.3, -0.25) is 4.79 Å². The van der Waals surface area contributed by atoms with E-state index in [4.69, 9.17) is 11.6 Å². The van der Waals surface area contributed by atoms with Crippen LogP contribution in [0.1, 0.15) is 10.4 Å². The molecule has 0 fully saturated rings. The van der Waals surface area contributed by atoms with Crippen LogP contribution >= 0.6 is 11.6 Å². The van der Waals surface area contributed by atoms with Crippen molar-refractivity contribution in [2.24, 2.45) is 0 Å². The number of benzene rings is 3. The molecule has 158 valence electrons. The molecule has 0 aliphatic heterocycles. The van der Waals surface area contributed by atoms with E-state index in [1.54, 1.807) is 41.1 Å². The molecule has 0 saturated carbocycles. The van der Waals surface area contributed by atoms with Gasteiger partial charge in [0.25, 0.3) is 5.91 Å². The van der Waals surface area contributed by atoms with Crippen molar-refractivity contribution in [1.29, 1.82) is 0 Å². The molecule has 4 aromatic rings. The van der Waals surface area contributed by atoms with Gasteiger partial charge < -0.3 is 0 Å². The Labute approximate surface area is 181 Å². The van der Waals surface area contributed by atoms with Gasteiger partial charge in [0.1, 0.15) is 17.3 Å². The zero-order valence-corrected chi connectivity index (χ0v) is 17.5. The minimum Gasteiger partial charge on any atom is -0.268 e. The summed E-state index contributed by atoms with van der Waals surface area (Å²) in [7, 11) is -3.88. The molecule has 31 heavy (non-hydrogen) atoms. The molecule has 1 amide bonds. The lowest BCUT2D eigenvalue weighted by molar-refractivity contribution is 0.0978. The Hall–Kier alpha value is -3.30. The average molecular weight is 462 g/mol. The van der Waals surface area contributed by atoms with Gasteiger partial charge in [-0.15, -0.1) is 0 Å². The fraction of sp³-hybridized carbons (Fsp3) is 0.0476. The van der Waals surface area contributed by atoms with Gasteiger partial charge in [0.15, 0.2) is 0 Å². The van der Waals surface area contributed by atoms with E-state index in [1.165, 1.54) is 16.8 Å². The maximum atomic E-state index is 14.7. The third kappa shape index (κ3) is 4.14. The molecular weight excluding hydrogens is 448 g/mol. The number of para-hydroxylation sites is 1. The smallest absolute Gasteiger partial charge is 0.267 e. The summed E-state index contributed by atoms with van der Waals surface area (Å²) in [5.74, 6) is -2.55. The van der Waals surface area contributed by atoms with Gasteiger partial charge >= 0.3 is 0 Å². The average Bonchev–Trinajstić information content (AvgIpc) is 3.07. The summed E-state index contributed by atoms with van der Waals surface area (Å²) in [6.07, 6.45) is 0.780. The van der Waals surface area contributed by atoms with Crippen molar-refractivity contribution < 1.29 is 22.0 Å². The van der Waals surface area contributed by atoms with Gasteiger partial charge in [-0.05, 0) is 24.3 Å². The number of aromatic nitrogens is 2. The van der Waals surface area contributed by atoms with Gasteiger partial charge in [-0.1, -0.05) is 41.9 Å². The maximum Gasteiger partial charge on any atom is 0.267 e. The third-order valence-electron chi connectivity index (χ3n) is 4.47. The first-order valence-corrected chi connectivity index (χ1v) is 11.2. The van der Waals surface area contributed by atoms with Crippen LogP contribution in [0, 0.1) is 11.6 Å². The van der Waals surface area contributed by atoms with E-state index in [2.05, 4.69) is 5.10 Å². The van der Waals surface area contributed by atoms with Crippen LogP contribution in [0.5, 0.6) is 0 Å². The van der Waals surface area contributed by atoms with E-state index >= 15 is 0 Å². The lowest BCUT2D eigenvalue weighted by Crippen LogP contribution is -2.30. The number of carbonyl (C=O) groups is 1. The molecule has 0 aliphatic carbocycles. The zero-order valence-electron chi connectivity index (χ0n) is 15.9. The van der Waals surface area contributed by atoms with Crippen LogP contribution in [0.2, 0.25) is 5.02 Å². The number of rotatable bonds is 4. The minimum atomic E-state index is -3.88. The summed E-state index contributed by atoms with van der Waals surface area (Å²) >= 11 is 6.32. The summed E-state index contributed by atoms with van der Waals surface area (Å²) in [6.45, 7) is 0. The van der Waals surface area contributed by atoms with Crippen molar-refractivity contribution in [1.82, 2.24) is 14.5 Å². The first kappa shape index (κ1) is 21.0. The fourth-order valence-electron chi connectivity index (χ4n) is 3.19. The zero-order chi connectivity index (χ0) is 22.3. The number of nitrogens with one attached hydrogen (secondary N) is 1. The van der Waals surface area contributed by atoms with Crippen molar-refractivity contribution in [2.45, 2.75) is 0 Å². The van der Waals surface area contributed by atoms with Crippen LogP contribution in [-0.2, 0) is 10.0 Å². The molecule has 0 aliphatic rings. The predicted octanol–water partition coefficient (Wildman–Crippen LogP) is 4.31. The molecule has 10 heteroatoms. The molecule has 1 N–H and O–H groups in total. The van der Waals surface area contributed by atoms with Crippen molar-refractivity contribution >= 4 is 38.4 Å². The highest BCUT2D eigenvalue weighted by Crippen LogP contribution is 2.33. The Kier molecular flexibility index (Phi) is 5.24. The van der Waals surface area contributed by atoms with Gasteiger partial charge in [-0.2, -0.15) is 5.10 Å². The Morgan fingerprint density at radius 3 is 2.52 bits per heavy atom. The van der Waals surface area contributed by atoms with Crippen LogP contribution < -0.4 is 4.72 Å². The SMILES string of the molecule is CS(=O)(=O)NC(=O)c1cc(Cl)c(-n2nc(-c3cccc(F)c3)c3ccccc32)cc1F. The maximum absolute atomic E-state index is 14.7. The number of amides is 1. The molecule has 0 bridgehead atoms. The van der Waals surface area contributed by atoms with Crippen LogP contribution in [0.4, 0.5) is 8.78 Å². The second-order valence-corrected chi connectivity index (χ2v) is 8.93. The predicted molar refractivity (Wildman–Crippen MR) is 114 cm³/mol. The largest absolute Gasteiger partial charge is 0.268 e. The van der Waals surface area contributed by atoms with Crippen LogP contribution in [0.25, 0.3) is 27.8 Å². The topological polar surface area (TPSA) is 81.1 Å². The Bertz CT molecular complexity index is 1450. The highest BCUT2D eigenvalue weighted by atomic mass is 35.5. The lowest BCUT2D eigenvalue weighted by Gasteiger charge is -2.10. The molecule has 1 aromatic heterocycles. The van der Waals surface area contributed by atoms with Crippen molar-refractivity contribution in [3.63, 3.8) is 0 Å². The Morgan fingerprint density at radius 2 is 1.81 bits per heavy atom. The van der Waals surface area contributed by atoms with Gasteiger partial charge in [0.2, 0.25) is 10.0 Å². The standard InChI is InChI=1S/C21H14ClF2N3O3S/c1-31(29,30)26-21(28)15-10-16(22)19(11-17(15)24)27-18-8-3-2-7-14(18)20(25-27)12-5-4-6-13(23)9-12/h2-11H,1H3,(H,26,28). The highest BCUT2D eigenvalue weighted by Gasteiger charge is 2.21. The van der Waals surface area contributed by atoms with Crippen molar-refractivity contribution in [3.05, 3.63) is 82.9 Å². The van der Waals surface area contributed by atoms with Crippen molar-refractivity contribution in [3.8, 4) is 16.9 Å². The molecule has 3 aromatic carbocycles. The third-order valence-corrected chi connectivity index (χ3v) is 5.33. The van der Waals surface area contributed by atoms with E-state index in [-0.39, 0.29) is 10.7 Å². The summed E-state index contributed by atoms with van der Waals surface area (Å²) in [4.78, 5) is 12.1. The Balaban J connectivity index is 1.88. The summed E-state index contributed by atoms with van der Waals surface area (Å²) in [5, 5.41) is 5.16. The van der Waals surface area contributed by atoms with E-state index in [0.717, 1.165) is 18.4 Å². The molecule has 1 heterocycles. The molecule has 0 spiro atoms. The number of sulfonamides is 1. The number of fused-ring (bicyclic) bond motifs is 1. The molecule has 4 rings (SSSR count). The summed E-state index contributed by atoms with van der Waals surface area (Å²) in [6, 6.07) is 15.0. The molecule has 0 unspecified atom stereocenters. The molecule has 6 nitrogen and oxygen atoms in total. The Morgan fingerprint density at radius 1 is 1.06 bits per heavy atom. The van der Waals surface area contributed by atoms with Crippen LogP contribution in [-0.4, -0.2) is 30.4 Å². The number of nitrogens with zero attached hydrogens (tertiary/aromatic N) is 2. The molecule has 0 atom stereocenters. The number of halogens is 3. The number of hydrogen-bond donors (Lipinski definition) is 1. The fourth-order valence-corrected chi connectivity index (χ4v) is 3.89. The highest BCUT2D eigenvalue weighted by molar-refractivity contribution is 7.89. The van der Waals surface area contributed by atoms with Crippen LogP contribution in [0.15, 0.2) is 60.7 Å². The summed E-state index contributed by atoms with van der Waals surface area (Å²) in [5.41, 5.74) is 1.17. The van der Waals surface area contributed by atoms with Gasteiger partial charge in [0, 0.05) is 17.0 Å². The second-order valence-electron chi connectivity index (χ2n) is 6.77. The second kappa shape index (κ2) is 7.75. The number of hydrogen-bond acceptors (Lipinski definition) is 4. The quantitative estimate of drug-likeness (QED) is 0.491. The van der Waals surface area contributed by atoms with Gasteiger partial charge in [0.05, 0.1) is 28.0 Å². The first-order valence-electron chi connectivity index (χ1n) is 8.89.